The molecule has 0 saturated carbocycles. The third kappa shape index (κ3) is 12.0. The van der Waals surface area contributed by atoms with Crippen LogP contribution in [0.3, 0.4) is 0 Å². The van der Waals surface area contributed by atoms with Crippen LogP contribution >= 0.6 is 7.60 Å². The van der Waals surface area contributed by atoms with E-state index in [1.807, 2.05) is 41.5 Å². The van der Waals surface area contributed by atoms with Crippen LogP contribution in [0, 0.1) is 11.3 Å². The van der Waals surface area contributed by atoms with E-state index in [0.717, 1.165) is 6.42 Å². The molecule has 0 aromatic rings. The van der Waals surface area contributed by atoms with Crippen molar-refractivity contribution in [3.8, 4) is 0 Å². The highest BCUT2D eigenvalue weighted by atomic mass is 31.2. The standard InChI is InChI=1S/C28H59O3P/c1-13-15-17-19-21-28(12,22-20-18-16-14-2)24(3)23-27(10,11)32(29,30-25(4,5)6)31-26(7,8)9/h24H,13-23H2,1-12H3. The molecular weight excluding hydrogens is 415 g/mol. The number of hydrogen-bond acceptors (Lipinski definition) is 3. The van der Waals surface area contributed by atoms with Crippen LogP contribution in [0.25, 0.3) is 0 Å². The normalized spacial score (nSPS) is 15.2. The Bertz CT molecular complexity index is 522. The van der Waals surface area contributed by atoms with E-state index in [1.54, 1.807) is 0 Å². The van der Waals surface area contributed by atoms with Gasteiger partial charge in [0.05, 0.1) is 16.4 Å². The molecule has 0 aliphatic heterocycles. The minimum absolute atomic E-state index is 0.257. The van der Waals surface area contributed by atoms with Gasteiger partial charge in [-0.3, -0.25) is 4.57 Å². The molecule has 0 fully saturated rings. The Labute approximate surface area is 202 Å². The highest BCUT2D eigenvalue weighted by molar-refractivity contribution is 7.55. The van der Waals surface area contributed by atoms with Gasteiger partial charge < -0.3 is 9.05 Å². The molecule has 0 saturated heterocycles. The van der Waals surface area contributed by atoms with Crippen molar-refractivity contribution in [2.45, 2.75) is 170 Å². The molecule has 0 aliphatic carbocycles. The lowest BCUT2D eigenvalue weighted by atomic mass is 9.68. The molecule has 0 N–H and O–H groups in total. The summed E-state index contributed by atoms with van der Waals surface area (Å²) in [5, 5.41) is -0.554. The summed E-state index contributed by atoms with van der Waals surface area (Å²) in [6.07, 6.45) is 13.7. The summed E-state index contributed by atoms with van der Waals surface area (Å²) >= 11 is 0. The minimum atomic E-state index is -3.36. The second-order valence-corrected chi connectivity index (χ2v) is 15.7. The van der Waals surface area contributed by atoms with Gasteiger partial charge in [0.2, 0.25) is 0 Å². The first kappa shape index (κ1) is 32.1. The van der Waals surface area contributed by atoms with E-state index >= 15 is 0 Å². The molecule has 1 unspecified atom stereocenters. The SMILES string of the molecule is CCCCCCC(C)(CCCCCC)C(C)CC(C)(C)P(=O)(OC(C)(C)C)OC(C)(C)C. The summed E-state index contributed by atoms with van der Waals surface area (Å²) in [7, 11) is -3.36. The van der Waals surface area contributed by atoms with E-state index in [2.05, 4.69) is 41.5 Å². The van der Waals surface area contributed by atoms with E-state index in [0.29, 0.717) is 5.92 Å². The van der Waals surface area contributed by atoms with Gasteiger partial charge in [0.1, 0.15) is 0 Å². The van der Waals surface area contributed by atoms with Crippen molar-refractivity contribution in [3.05, 3.63) is 0 Å². The minimum Gasteiger partial charge on any atom is -0.302 e. The molecule has 0 amide bonds. The van der Waals surface area contributed by atoms with E-state index in [-0.39, 0.29) is 5.41 Å². The largest absolute Gasteiger partial charge is 0.337 e. The van der Waals surface area contributed by atoms with Gasteiger partial charge in [-0.1, -0.05) is 79.1 Å². The maximum atomic E-state index is 14.3. The Kier molecular flexibility index (Phi) is 13.4. The molecule has 0 rings (SSSR count). The molecular formula is C28H59O3P. The molecule has 0 aromatic heterocycles. The van der Waals surface area contributed by atoms with Gasteiger partial charge in [0, 0.05) is 0 Å². The van der Waals surface area contributed by atoms with Crippen LogP contribution in [0.15, 0.2) is 0 Å². The summed E-state index contributed by atoms with van der Waals surface area (Å²) in [5.74, 6) is 0.446. The topological polar surface area (TPSA) is 35.5 Å². The third-order valence-corrected chi connectivity index (χ3v) is 9.97. The van der Waals surface area contributed by atoms with Crippen LogP contribution < -0.4 is 0 Å². The van der Waals surface area contributed by atoms with Crippen LogP contribution in [-0.2, 0) is 13.6 Å². The fourth-order valence-corrected chi connectivity index (χ4v) is 7.09. The zero-order chi connectivity index (χ0) is 25.3. The van der Waals surface area contributed by atoms with Gasteiger partial charge in [-0.15, -0.1) is 0 Å². The van der Waals surface area contributed by atoms with Crippen LogP contribution in [0.1, 0.15) is 154 Å². The van der Waals surface area contributed by atoms with Gasteiger partial charge in [0.25, 0.3) is 0 Å². The first-order valence-corrected chi connectivity index (χ1v) is 15.0. The lowest BCUT2D eigenvalue weighted by Crippen LogP contribution is -2.37. The second-order valence-electron chi connectivity index (χ2n) is 13.1. The number of hydrogen-bond donors (Lipinski definition) is 0. The summed E-state index contributed by atoms with van der Waals surface area (Å²) in [4.78, 5) is 0. The zero-order valence-electron chi connectivity index (χ0n) is 24.0. The summed E-state index contributed by atoms with van der Waals surface area (Å²) in [6, 6.07) is 0. The predicted octanol–water partition coefficient (Wildman–Crippen LogP) is 10.6. The molecule has 194 valence electrons. The molecule has 0 spiro atoms. The maximum Gasteiger partial charge on any atom is 0.337 e. The van der Waals surface area contributed by atoms with Crippen LogP contribution in [0.4, 0.5) is 0 Å². The molecule has 0 aromatic carbocycles. The smallest absolute Gasteiger partial charge is 0.302 e. The summed E-state index contributed by atoms with van der Waals surface area (Å²) in [5.41, 5.74) is -0.789. The average molecular weight is 475 g/mol. The van der Waals surface area contributed by atoms with Crippen molar-refractivity contribution in [2.24, 2.45) is 11.3 Å². The van der Waals surface area contributed by atoms with Gasteiger partial charge >= 0.3 is 7.60 Å². The lowest BCUT2D eigenvalue weighted by molar-refractivity contribution is 0.0349. The van der Waals surface area contributed by atoms with Crippen LogP contribution in [0.2, 0.25) is 0 Å². The monoisotopic (exact) mass is 474 g/mol. The van der Waals surface area contributed by atoms with Crippen LogP contribution in [0.5, 0.6) is 0 Å². The van der Waals surface area contributed by atoms with Crippen molar-refractivity contribution in [1.29, 1.82) is 0 Å². The lowest BCUT2D eigenvalue weighted by Gasteiger charge is -2.45. The molecule has 4 heteroatoms. The summed E-state index contributed by atoms with van der Waals surface area (Å²) < 4.78 is 26.8. The van der Waals surface area contributed by atoms with E-state index in [4.69, 9.17) is 9.05 Å². The first-order valence-electron chi connectivity index (χ1n) is 13.4. The molecule has 0 bridgehead atoms. The Morgan fingerprint density at radius 2 is 1.03 bits per heavy atom. The van der Waals surface area contributed by atoms with E-state index in [1.165, 1.54) is 64.2 Å². The Morgan fingerprint density at radius 1 is 0.656 bits per heavy atom. The number of unbranched alkanes of at least 4 members (excludes halogenated alkanes) is 6. The molecule has 0 radical (unpaired) electrons. The van der Waals surface area contributed by atoms with Crippen molar-refractivity contribution < 1.29 is 13.6 Å². The van der Waals surface area contributed by atoms with E-state index < -0.39 is 24.0 Å². The Hall–Kier alpha value is 0.150. The molecule has 1 atom stereocenters. The molecule has 0 heterocycles. The van der Waals surface area contributed by atoms with Gasteiger partial charge in [0.15, 0.2) is 0 Å². The van der Waals surface area contributed by atoms with Gasteiger partial charge in [-0.2, -0.15) is 0 Å². The Morgan fingerprint density at radius 3 is 1.34 bits per heavy atom. The first-order chi connectivity index (χ1) is 14.4. The number of rotatable bonds is 16. The average Bonchev–Trinajstić information content (AvgIpc) is 2.58. The Balaban J connectivity index is 5.70. The second kappa shape index (κ2) is 13.3. The fraction of sp³-hybridized carbons (Fsp3) is 1.00. The van der Waals surface area contributed by atoms with E-state index in [9.17, 15) is 4.57 Å². The van der Waals surface area contributed by atoms with Crippen LogP contribution in [-0.4, -0.2) is 16.4 Å². The van der Waals surface area contributed by atoms with Crippen molar-refractivity contribution >= 4 is 7.60 Å². The molecule has 32 heavy (non-hydrogen) atoms. The molecule has 0 aliphatic rings. The van der Waals surface area contributed by atoms with Gasteiger partial charge in [-0.25, -0.2) is 0 Å². The highest BCUT2D eigenvalue weighted by Crippen LogP contribution is 2.66. The quantitative estimate of drug-likeness (QED) is 0.165. The zero-order valence-corrected chi connectivity index (χ0v) is 24.9. The fourth-order valence-electron chi connectivity index (χ4n) is 4.62. The van der Waals surface area contributed by atoms with Crippen molar-refractivity contribution in [2.75, 3.05) is 0 Å². The summed E-state index contributed by atoms with van der Waals surface area (Å²) in [6.45, 7) is 25.4. The van der Waals surface area contributed by atoms with Gasteiger partial charge in [-0.05, 0) is 86.0 Å². The van der Waals surface area contributed by atoms with Crippen molar-refractivity contribution in [3.63, 3.8) is 0 Å². The predicted molar refractivity (Wildman–Crippen MR) is 143 cm³/mol. The molecule has 3 nitrogen and oxygen atoms in total. The maximum absolute atomic E-state index is 14.3. The van der Waals surface area contributed by atoms with Crippen molar-refractivity contribution in [1.82, 2.24) is 0 Å². The highest BCUT2D eigenvalue weighted by Gasteiger charge is 2.50. The third-order valence-electron chi connectivity index (χ3n) is 6.73.